The molecule has 1 atom stereocenters. The van der Waals surface area contributed by atoms with Crippen LogP contribution in [0.5, 0.6) is 0 Å². The topological polar surface area (TPSA) is 34.2 Å². The summed E-state index contributed by atoms with van der Waals surface area (Å²) in [4.78, 5) is 5.88. The van der Waals surface area contributed by atoms with Gasteiger partial charge < -0.3 is 10.1 Å². The zero-order chi connectivity index (χ0) is 12.4. The van der Waals surface area contributed by atoms with E-state index in [9.17, 15) is 0 Å². The normalized spacial score (nSPS) is 19.5. The van der Waals surface area contributed by atoms with Crippen LogP contribution in [0, 0.1) is 0 Å². The summed E-state index contributed by atoms with van der Waals surface area (Å²) in [5, 5.41) is 4.39. The van der Waals surface area contributed by atoms with Gasteiger partial charge in [0.2, 0.25) is 0 Å². The van der Waals surface area contributed by atoms with Gasteiger partial charge in [-0.25, -0.2) is 4.98 Å². The number of thioether (sulfide) groups is 1. The molecule has 1 aliphatic rings. The van der Waals surface area contributed by atoms with E-state index >= 15 is 0 Å². The summed E-state index contributed by atoms with van der Waals surface area (Å²) in [6.07, 6.45) is 4.80. The standard InChI is InChI=1S/C13H16N2OS2/c1-17-10-4-5-11-12(7-10)18-13(15-11)14-8-9-3-2-6-16-9/h4-5,7,9H,2-3,6,8H2,1H3,(H,14,15). The van der Waals surface area contributed by atoms with E-state index in [-0.39, 0.29) is 0 Å². The number of hydrogen-bond acceptors (Lipinski definition) is 5. The van der Waals surface area contributed by atoms with Gasteiger partial charge >= 0.3 is 0 Å². The van der Waals surface area contributed by atoms with Crippen molar-refractivity contribution in [1.82, 2.24) is 4.98 Å². The van der Waals surface area contributed by atoms with Crippen LogP contribution in [0.2, 0.25) is 0 Å². The number of benzene rings is 1. The molecule has 1 fully saturated rings. The highest BCUT2D eigenvalue weighted by Gasteiger charge is 2.15. The van der Waals surface area contributed by atoms with Crippen molar-refractivity contribution < 1.29 is 4.74 Å². The molecule has 0 aliphatic carbocycles. The fourth-order valence-electron chi connectivity index (χ4n) is 2.11. The van der Waals surface area contributed by atoms with Crippen LogP contribution in [0.3, 0.4) is 0 Å². The van der Waals surface area contributed by atoms with Gasteiger partial charge in [0.1, 0.15) is 0 Å². The smallest absolute Gasteiger partial charge is 0.183 e. The molecule has 1 aromatic carbocycles. The van der Waals surface area contributed by atoms with Crippen molar-refractivity contribution in [2.75, 3.05) is 24.7 Å². The number of aromatic nitrogens is 1. The first-order valence-electron chi connectivity index (χ1n) is 6.15. The maximum absolute atomic E-state index is 5.60. The molecule has 96 valence electrons. The molecule has 5 heteroatoms. The highest BCUT2D eigenvalue weighted by Crippen LogP contribution is 2.29. The lowest BCUT2D eigenvalue weighted by Gasteiger charge is -2.08. The Kier molecular flexibility index (Phi) is 3.72. The van der Waals surface area contributed by atoms with Crippen LogP contribution in [0.1, 0.15) is 12.8 Å². The third-order valence-electron chi connectivity index (χ3n) is 3.10. The molecule has 1 aliphatic heterocycles. The van der Waals surface area contributed by atoms with Crippen LogP contribution in [-0.2, 0) is 4.74 Å². The number of nitrogens with one attached hydrogen (secondary N) is 1. The highest BCUT2D eigenvalue weighted by molar-refractivity contribution is 7.98. The van der Waals surface area contributed by atoms with E-state index in [1.54, 1.807) is 23.1 Å². The van der Waals surface area contributed by atoms with Gasteiger partial charge in [0.15, 0.2) is 5.13 Å². The molecule has 2 aromatic rings. The maximum atomic E-state index is 5.60. The first kappa shape index (κ1) is 12.3. The van der Waals surface area contributed by atoms with Crippen LogP contribution in [0.4, 0.5) is 5.13 Å². The van der Waals surface area contributed by atoms with E-state index in [0.29, 0.717) is 6.10 Å². The van der Waals surface area contributed by atoms with Crippen molar-refractivity contribution in [3.05, 3.63) is 18.2 Å². The van der Waals surface area contributed by atoms with Crippen molar-refractivity contribution >= 4 is 38.4 Å². The van der Waals surface area contributed by atoms with Crippen LogP contribution in [0.25, 0.3) is 10.2 Å². The Bertz CT molecular complexity index is 535. The van der Waals surface area contributed by atoms with Crippen LogP contribution in [-0.4, -0.2) is 30.5 Å². The first-order valence-corrected chi connectivity index (χ1v) is 8.19. The van der Waals surface area contributed by atoms with Gasteiger partial charge in [0.25, 0.3) is 0 Å². The van der Waals surface area contributed by atoms with Gasteiger partial charge in [0, 0.05) is 18.0 Å². The van der Waals surface area contributed by atoms with Gasteiger partial charge in [-0.2, -0.15) is 0 Å². The third kappa shape index (κ3) is 2.63. The predicted octanol–water partition coefficient (Wildman–Crippen LogP) is 3.61. The van der Waals surface area contributed by atoms with E-state index < -0.39 is 0 Å². The first-order chi connectivity index (χ1) is 8.85. The van der Waals surface area contributed by atoms with Crippen molar-refractivity contribution in [2.24, 2.45) is 0 Å². The zero-order valence-corrected chi connectivity index (χ0v) is 11.9. The van der Waals surface area contributed by atoms with Gasteiger partial charge in [-0.1, -0.05) is 11.3 Å². The second-order valence-corrected chi connectivity index (χ2v) is 6.28. The monoisotopic (exact) mass is 280 g/mol. The average molecular weight is 280 g/mol. The van der Waals surface area contributed by atoms with E-state index in [0.717, 1.165) is 30.2 Å². The number of thiazole rings is 1. The summed E-state index contributed by atoms with van der Waals surface area (Å²) in [6.45, 7) is 1.78. The molecular weight excluding hydrogens is 264 g/mol. The minimum atomic E-state index is 0.360. The summed E-state index contributed by atoms with van der Waals surface area (Å²) in [5.74, 6) is 0. The predicted molar refractivity (Wildman–Crippen MR) is 78.9 cm³/mol. The Labute approximate surface area is 115 Å². The molecule has 1 unspecified atom stereocenters. The number of fused-ring (bicyclic) bond motifs is 1. The molecule has 18 heavy (non-hydrogen) atoms. The molecule has 0 amide bonds. The number of nitrogens with zero attached hydrogens (tertiary/aromatic N) is 1. The lowest BCUT2D eigenvalue weighted by Crippen LogP contribution is -2.18. The minimum Gasteiger partial charge on any atom is -0.376 e. The molecule has 1 N–H and O–H groups in total. The van der Waals surface area contributed by atoms with Crippen LogP contribution in [0.15, 0.2) is 23.1 Å². The van der Waals surface area contributed by atoms with E-state index in [2.05, 4.69) is 34.8 Å². The summed E-state index contributed by atoms with van der Waals surface area (Å²) in [5.41, 5.74) is 1.08. The maximum Gasteiger partial charge on any atom is 0.183 e. The fourth-order valence-corrected chi connectivity index (χ4v) is 3.54. The fraction of sp³-hybridized carbons (Fsp3) is 0.462. The molecule has 0 radical (unpaired) electrons. The van der Waals surface area contributed by atoms with Crippen molar-refractivity contribution in [1.29, 1.82) is 0 Å². The second kappa shape index (κ2) is 5.47. The summed E-state index contributed by atoms with van der Waals surface area (Å²) >= 11 is 3.48. The SMILES string of the molecule is CSc1ccc2nc(NCC3CCCO3)sc2c1. The van der Waals surface area contributed by atoms with Gasteiger partial charge in [-0.3, -0.25) is 0 Å². The second-order valence-electron chi connectivity index (χ2n) is 4.37. The molecule has 3 rings (SSSR count). The lowest BCUT2D eigenvalue weighted by molar-refractivity contribution is 0.120. The number of ether oxygens (including phenoxy) is 1. The van der Waals surface area contributed by atoms with E-state index in [1.165, 1.54) is 16.0 Å². The summed E-state index contributed by atoms with van der Waals surface area (Å²) in [7, 11) is 0. The number of rotatable bonds is 4. The Hall–Kier alpha value is -0.780. The molecule has 3 nitrogen and oxygen atoms in total. The zero-order valence-electron chi connectivity index (χ0n) is 10.3. The Balaban J connectivity index is 1.72. The quantitative estimate of drug-likeness (QED) is 0.868. The average Bonchev–Trinajstić information content (AvgIpc) is 3.04. The van der Waals surface area contributed by atoms with Gasteiger partial charge in [-0.05, 0) is 37.3 Å². The third-order valence-corrected chi connectivity index (χ3v) is 4.80. The summed E-state index contributed by atoms with van der Waals surface area (Å²) < 4.78 is 6.84. The minimum absolute atomic E-state index is 0.360. The number of anilines is 1. The molecule has 1 aromatic heterocycles. The van der Waals surface area contributed by atoms with Gasteiger partial charge in [0.05, 0.1) is 16.3 Å². The number of hydrogen-bond donors (Lipinski definition) is 1. The van der Waals surface area contributed by atoms with Crippen molar-refractivity contribution in [3.8, 4) is 0 Å². The van der Waals surface area contributed by atoms with E-state index in [4.69, 9.17) is 4.74 Å². The molecule has 1 saturated heterocycles. The largest absolute Gasteiger partial charge is 0.376 e. The van der Waals surface area contributed by atoms with Crippen LogP contribution >= 0.6 is 23.1 Å². The van der Waals surface area contributed by atoms with Crippen molar-refractivity contribution in [3.63, 3.8) is 0 Å². The van der Waals surface area contributed by atoms with Crippen molar-refractivity contribution in [2.45, 2.75) is 23.8 Å². The Morgan fingerprint density at radius 1 is 1.56 bits per heavy atom. The Morgan fingerprint density at radius 2 is 2.50 bits per heavy atom. The Morgan fingerprint density at radius 3 is 3.28 bits per heavy atom. The molecule has 0 spiro atoms. The molecule has 0 saturated carbocycles. The van der Waals surface area contributed by atoms with Gasteiger partial charge in [-0.15, -0.1) is 11.8 Å². The molecule has 2 heterocycles. The lowest BCUT2D eigenvalue weighted by atomic mass is 10.2. The van der Waals surface area contributed by atoms with E-state index in [1.807, 2.05) is 0 Å². The molecule has 0 bridgehead atoms. The molecular formula is C13H16N2OS2. The van der Waals surface area contributed by atoms with Crippen LogP contribution < -0.4 is 5.32 Å². The summed E-state index contributed by atoms with van der Waals surface area (Å²) in [6, 6.07) is 6.42. The highest BCUT2D eigenvalue weighted by atomic mass is 32.2.